The van der Waals surface area contributed by atoms with Gasteiger partial charge in [-0.3, -0.25) is 4.99 Å². The number of hydrogen-bond acceptors (Lipinski definition) is 5. The van der Waals surface area contributed by atoms with Crippen molar-refractivity contribution in [2.45, 2.75) is 41.0 Å². The number of allylic oxidation sites excluding steroid dienone is 4. The maximum absolute atomic E-state index is 5.96. The maximum Gasteiger partial charge on any atom is 0.521 e. The van der Waals surface area contributed by atoms with E-state index in [0.717, 1.165) is 6.42 Å². The number of nitrogens with zero attached hydrogens (tertiary/aromatic N) is 2. The van der Waals surface area contributed by atoms with Gasteiger partial charge < -0.3 is 18.2 Å². The summed E-state index contributed by atoms with van der Waals surface area (Å²) in [7, 11) is -2.68. The molecule has 0 saturated carbocycles. The Balaban J connectivity index is 2.19. The normalized spacial score (nSPS) is 18.5. The molecule has 0 spiro atoms. The van der Waals surface area contributed by atoms with E-state index in [0.29, 0.717) is 32.7 Å². The van der Waals surface area contributed by atoms with E-state index in [1.54, 1.807) is 0 Å². The van der Waals surface area contributed by atoms with Gasteiger partial charge in [0, 0.05) is 26.2 Å². The molecule has 0 radical (unpaired) electrons. The molecule has 1 aliphatic carbocycles. The van der Waals surface area contributed by atoms with Crippen LogP contribution >= 0.6 is 0 Å². The fourth-order valence-electron chi connectivity index (χ4n) is 2.84. The second-order valence-electron chi connectivity index (χ2n) is 5.60. The van der Waals surface area contributed by atoms with Gasteiger partial charge in [-0.2, -0.15) is 0 Å². The lowest BCUT2D eigenvalue weighted by molar-refractivity contribution is 0.0617. The molecule has 0 N–H and O–H groups in total. The van der Waals surface area contributed by atoms with Crippen molar-refractivity contribution in [2.24, 2.45) is 4.99 Å². The zero-order chi connectivity index (χ0) is 16.2. The third-order valence-electron chi connectivity index (χ3n) is 4.00. The first kappa shape index (κ1) is 17.4. The van der Waals surface area contributed by atoms with Crippen LogP contribution in [0.4, 0.5) is 0 Å². The van der Waals surface area contributed by atoms with Crippen molar-refractivity contribution in [3.63, 3.8) is 0 Å². The average molecular weight is 324 g/mol. The first-order valence-corrected chi connectivity index (χ1v) is 10.1. The van der Waals surface area contributed by atoms with E-state index in [1.165, 1.54) is 22.6 Å². The summed E-state index contributed by atoms with van der Waals surface area (Å²) in [4.78, 5) is 6.93. The summed E-state index contributed by atoms with van der Waals surface area (Å²) >= 11 is 0. The highest BCUT2D eigenvalue weighted by Gasteiger charge is 2.44. The molecule has 0 aromatic carbocycles. The first-order chi connectivity index (χ1) is 10.5. The number of hydrogen-bond donors (Lipinski definition) is 0. The maximum atomic E-state index is 5.96. The van der Waals surface area contributed by atoms with Gasteiger partial charge in [-0.05, 0) is 46.3 Å². The molecular formula is C16H28N2O3Si. The summed E-state index contributed by atoms with van der Waals surface area (Å²) in [5.41, 5.74) is 5.11. The van der Waals surface area contributed by atoms with E-state index in [4.69, 9.17) is 13.3 Å². The average Bonchev–Trinajstić information content (AvgIpc) is 2.82. The molecular weight excluding hydrogens is 296 g/mol. The van der Waals surface area contributed by atoms with Crippen molar-refractivity contribution in [3.05, 3.63) is 22.9 Å². The molecule has 1 aliphatic heterocycles. The van der Waals surface area contributed by atoms with Crippen molar-refractivity contribution in [1.29, 1.82) is 0 Å². The smallest absolute Gasteiger partial charge is 0.373 e. The number of aliphatic imine (C=N–C) groups is 1. The van der Waals surface area contributed by atoms with Crippen LogP contribution in [-0.4, -0.2) is 52.1 Å². The van der Waals surface area contributed by atoms with E-state index < -0.39 is 8.80 Å². The molecule has 0 bridgehead atoms. The highest BCUT2D eigenvalue weighted by Crippen LogP contribution is 2.29. The fraction of sp³-hybridized carbons (Fsp3) is 0.688. The molecule has 5 nitrogen and oxygen atoms in total. The molecule has 124 valence electrons. The molecule has 2 rings (SSSR count). The predicted octanol–water partition coefficient (Wildman–Crippen LogP) is 2.91. The van der Waals surface area contributed by atoms with E-state index in [-0.39, 0.29) is 0 Å². The van der Waals surface area contributed by atoms with Crippen molar-refractivity contribution in [1.82, 2.24) is 4.90 Å². The quantitative estimate of drug-likeness (QED) is 0.644. The van der Waals surface area contributed by atoms with Crippen LogP contribution in [0, 0.1) is 0 Å². The topological polar surface area (TPSA) is 43.3 Å². The van der Waals surface area contributed by atoms with Crippen molar-refractivity contribution < 1.29 is 13.3 Å². The lowest BCUT2D eigenvalue weighted by Gasteiger charge is -2.33. The summed E-state index contributed by atoms with van der Waals surface area (Å²) in [5.74, 6) is 0. The van der Waals surface area contributed by atoms with Crippen LogP contribution in [0.15, 0.2) is 27.9 Å². The Hall–Kier alpha value is -0.953. The Labute approximate surface area is 135 Å². The van der Waals surface area contributed by atoms with E-state index in [1.807, 2.05) is 20.8 Å². The van der Waals surface area contributed by atoms with Crippen LogP contribution in [0.1, 0.15) is 41.0 Å². The Morgan fingerprint density at radius 1 is 1.09 bits per heavy atom. The second kappa shape index (κ2) is 7.54. The molecule has 0 aromatic rings. The van der Waals surface area contributed by atoms with Crippen LogP contribution in [-0.2, 0) is 13.3 Å². The summed E-state index contributed by atoms with van der Waals surface area (Å²) < 4.78 is 17.9. The van der Waals surface area contributed by atoms with Gasteiger partial charge in [-0.25, -0.2) is 0 Å². The number of fused-ring (bicyclic) bond motifs is 1. The lowest BCUT2D eigenvalue weighted by Crippen LogP contribution is -2.55. The van der Waals surface area contributed by atoms with Crippen molar-refractivity contribution >= 4 is 14.5 Å². The minimum Gasteiger partial charge on any atom is -0.373 e. The van der Waals surface area contributed by atoms with Crippen molar-refractivity contribution in [3.8, 4) is 0 Å². The van der Waals surface area contributed by atoms with Gasteiger partial charge in [-0.15, -0.1) is 0 Å². The van der Waals surface area contributed by atoms with Crippen LogP contribution < -0.4 is 0 Å². The Morgan fingerprint density at radius 3 is 2.23 bits per heavy atom. The van der Waals surface area contributed by atoms with Crippen LogP contribution in [0.3, 0.4) is 0 Å². The van der Waals surface area contributed by atoms with E-state index >= 15 is 0 Å². The minimum absolute atomic E-state index is 0.602. The standard InChI is InChI=1S/C16H28N2O3Si/c1-6-19-22(20-7-2,21-8-3)12-18-11-17-15-9-13(4)14(5)10-16(15)18/h10H,6-9,11-12H2,1-5H3. The van der Waals surface area contributed by atoms with Gasteiger partial charge in [0.2, 0.25) is 0 Å². The minimum atomic E-state index is -2.68. The third kappa shape index (κ3) is 3.68. The predicted molar refractivity (Wildman–Crippen MR) is 90.7 cm³/mol. The molecule has 0 saturated heterocycles. The lowest BCUT2D eigenvalue weighted by atomic mass is 9.96. The van der Waals surface area contributed by atoms with Gasteiger partial charge in [-0.1, -0.05) is 5.57 Å². The SMILES string of the molecule is CCO[Si](CN1CN=C2CC(C)=C(C)C=C21)(OCC)OCC. The Bertz CT molecular complexity index is 483. The van der Waals surface area contributed by atoms with Crippen LogP contribution in [0.5, 0.6) is 0 Å². The largest absolute Gasteiger partial charge is 0.521 e. The molecule has 2 aliphatic rings. The Morgan fingerprint density at radius 2 is 1.68 bits per heavy atom. The number of rotatable bonds is 8. The zero-order valence-corrected chi connectivity index (χ0v) is 15.4. The fourth-order valence-corrected chi connectivity index (χ4v) is 5.42. The monoisotopic (exact) mass is 324 g/mol. The zero-order valence-electron chi connectivity index (χ0n) is 14.4. The van der Waals surface area contributed by atoms with Crippen molar-refractivity contribution in [2.75, 3.05) is 32.7 Å². The first-order valence-electron chi connectivity index (χ1n) is 8.13. The third-order valence-corrected chi connectivity index (χ3v) is 6.96. The van der Waals surface area contributed by atoms with Gasteiger partial charge in [0.25, 0.3) is 0 Å². The highest BCUT2D eigenvalue weighted by molar-refractivity contribution is 6.61. The second-order valence-corrected chi connectivity index (χ2v) is 8.14. The molecule has 6 heteroatoms. The molecule has 22 heavy (non-hydrogen) atoms. The summed E-state index contributed by atoms with van der Waals surface area (Å²) in [6, 6.07) is 0. The van der Waals surface area contributed by atoms with Gasteiger partial charge in [0.05, 0.1) is 17.6 Å². The van der Waals surface area contributed by atoms with Crippen LogP contribution in [0.25, 0.3) is 0 Å². The van der Waals surface area contributed by atoms with Crippen LogP contribution in [0.2, 0.25) is 0 Å². The molecule has 0 unspecified atom stereocenters. The summed E-state index contributed by atoms with van der Waals surface area (Å²) in [6.07, 6.45) is 3.84. The Kier molecular flexibility index (Phi) is 5.97. The van der Waals surface area contributed by atoms with E-state index in [9.17, 15) is 0 Å². The molecule has 0 aromatic heterocycles. The van der Waals surface area contributed by atoms with Gasteiger partial charge in [0.15, 0.2) is 0 Å². The summed E-state index contributed by atoms with van der Waals surface area (Å²) in [5, 5.41) is 0. The summed E-state index contributed by atoms with van der Waals surface area (Å²) in [6.45, 7) is 12.8. The highest BCUT2D eigenvalue weighted by atomic mass is 28.4. The van der Waals surface area contributed by atoms with E-state index in [2.05, 4.69) is 29.8 Å². The molecule has 0 amide bonds. The molecule has 1 heterocycles. The molecule has 0 fully saturated rings. The van der Waals surface area contributed by atoms with Gasteiger partial charge in [0.1, 0.15) is 6.67 Å². The molecule has 0 atom stereocenters. The van der Waals surface area contributed by atoms with Gasteiger partial charge >= 0.3 is 8.80 Å².